The molecule has 1 amide bonds. The zero-order valence-corrected chi connectivity index (χ0v) is 17.1. The first-order chi connectivity index (χ1) is 13.5. The van der Waals surface area contributed by atoms with E-state index in [0.717, 1.165) is 36.4 Å². The number of hydrogen-bond acceptors (Lipinski definition) is 5. The van der Waals surface area contributed by atoms with Crippen LogP contribution in [0.1, 0.15) is 42.7 Å². The summed E-state index contributed by atoms with van der Waals surface area (Å²) in [5.41, 5.74) is 3.50. The predicted molar refractivity (Wildman–Crippen MR) is 109 cm³/mol. The topological polar surface area (TPSA) is 72.9 Å². The first-order valence-electron chi connectivity index (χ1n) is 9.53. The third-order valence-corrected chi connectivity index (χ3v) is 6.41. The number of aromatic nitrogens is 3. The highest BCUT2D eigenvalue weighted by molar-refractivity contribution is 8.00. The first kappa shape index (κ1) is 18.8. The smallest absolute Gasteiger partial charge is 0.233 e. The van der Waals surface area contributed by atoms with Crippen LogP contribution in [-0.2, 0) is 18.3 Å². The summed E-state index contributed by atoms with van der Waals surface area (Å²) in [6, 6.07) is 10.4. The molecule has 0 fully saturated rings. The molecule has 1 aliphatic carbocycles. The number of thioether (sulfide) groups is 1. The van der Waals surface area contributed by atoms with Crippen LogP contribution >= 0.6 is 11.8 Å². The molecule has 0 radical (unpaired) electrons. The van der Waals surface area contributed by atoms with Gasteiger partial charge in [-0.05, 0) is 50.3 Å². The molecule has 4 rings (SSSR count). The van der Waals surface area contributed by atoms with Crippen molar-refractivity contribution in [3.05, 3.63) is 53.5 Å². The summed E-state index contributed by atoms with van der Waals surface area (Å²) in [7, 11) is 1.91. The van der Waals surface area contributed by atoms with Gasteiger partial charge < -0.3 is 14.3 Å². The van der Waals surface area contributed by atoms with E-state index in [0.29, 0.717) is 5.16 Å². The molecule has 1 aromatic carbocycles. The molecule has 146 valence electrons. The number of amides is 1. The molecule has 2 heterocycles. The maximum absolute atomic E-state index is 12.8. The van der Waals surface area contributed by atoms with Gasteiger partial charge in [0.1, 0.15) is 5.76 Å². The number of fused-ring (bicyclic) bond motifs is 1. The van der Waals surface area contributed by atoms with Crippen LogP contribution in [0.25, 0.3) is 11.4 Å². The molecule has 7 heteroatoms. The minimum absolute atomic E-state index is 0.0238. The number of nitrogens with zero attached hydrogens (tertiary/aromatic N) is 3. The fraction of sp³-hybridized carbons (Fsp3) is 0.381. The van der Waals surface area contributed by atoms with Gasteiger partial charge in [0.2, 0.25) is 5.91 Å². The number of aryl methyl sites for hydroxylation is 2. The van der Waals surface area contributed by atoms with Crippen LogP contribution in [0, 0.1) is 6.92 Å². The number of carbonyl (C=O) groups excluding carboxylic acids is 1. The van der Waals surface area contributed by atoms with Crippen LogP contribution in [0.15, 0.2) is 46.2 Å². The quantitative estimate of drug-likeness (QED) is 0.659. The molecule has 2 unspecified atom stereocenters. The zero-order valence-electron chi connectivity index (χ0n) is 16.3. The van der Waals surface area contributed by atoms with Gasteiger partial charge in [0, 0.05) is 7.05 Å². The summed E-state index contributed by atoms with van der Waals surface area (Å²) in [5, 5.41) is 12.2. The van der Waals surface area contributed by atoms with E-state index in [2.05, 4.69) is 33.7 Å². The minimum Gasteiger partial charge on any atom is -0.469 e. The highest BCUT2D eigenvalue weighted by Gasteiger charge is 2.25. The number of furan rings is 1. The van der Waals surface area contributed by atoms with Crippen molar-refractivity contribution in [3.8, 4) is 11.4 Å². The highest BCUT2D eigenvalue weighted by Crippen LogP contribution is 2.31. The molecular weight excluding hydrogens is 372 g/mol. The molecule has 0 aliphatic heterocycles. The van der Waals surface area contributed by atoms with E-state index in [4.69, 9.17) is 4.42 Å². The summed E-state index contributed by atoms with van der Waals surface area (Å²) in [6.07, 6.45) is 4.81. The average molecular weight is 397 g/mol. The molecule has 0 bridgehead atoms. The second-order valence-electron chi connectivity index (χ2n) is 7.17. The minimum atomic E-state index is -0.268. The Balaban J connectivity index is 1.45. The Hall–Kier alpha value is -2.54. The molecule has 0 saturated carbocycles. The van der Waals surface area contributed by atoms with Crippen molar-refractivity contribution >= 4 is 17.7 Å². The van der Waals surface area contributed by atoms with Crippen molar-refractivity contribution in [2.75, 3.05) is 0 Å². The number of nitrogens with one attached hydrogen (secondary N) is 1. The van der Waals surface area contributed by atoms with Crippen molar-refractivity contribution in [1.29, 1.82) is 0 Å². The number of carbonyl (C=O) groups is 1. The second-order valence-corrected chi connectivity index (χ2v) is 8.48. The Morgan fingerprint density at radius 2 is 2.14 bits per heavy atom. The van der Waals surface area contributed by atoms with E-state index >= 15 is 0 Å². The van der Waals surface area contributed by atoms with Crippen LogP contribution in [0.3, 0.4) is 0 Å². The average Bonchev–Trinajstić information content (AvgIpc) is 3.27. The summed E-state index contributed by atoms with van der Waals surface area (Å²) in [4.78, 5) is 12.8. The van der Waals surface area contributed by atoms with Gasteiger partial charge in [-0.25, -0.2) is 0 Å². The summed E-state index contributed by atoms with van der Waals surface area (Å²) in [6.45, 7) is 3.81. The lowest BCUT2D eigenvalue weighted by molar-refractivity contribution is -0.121. The summed E-state index contributed by atoms with van der Waals surface area (Å²) < 4.78 is 7.27. The van der Waals surface area contributed by atoms with E-state index in [1.54, 1.807) is 6.26 Å². The van der Waals surface area contributed by atoms with E-state index in [1.165, 1.54) is 22.9 Å². The van der Waals surface area contributed by atoms with Gasteiger partial charge in [0.15, 0.2) is 11.0 Å². The third-order valence-electron chi connectivity index (χ3n) is 5.27. The van der Waals surface area contributed by atoms with Gasteiger partial charge in [-0.15, -0.1) is 10.2 Å². The molecule has 0 saturated heterocycles. The fourth-order valence-corrected chi connectivity index (χ4v) is 4.50. The molecule has 6 nitrogen and oxygen atoms in total. The van der Waals surface area contributed by atoms with Crippen LogP contribution < -0.4 is 5.32 Å². The zero-order chi connectivity index (χ0) is 19.7. The third kappa shape index (κ3) is 3.58. The van der Waals surface area contributed by atoms with Crippen LogP contribution in [-0.4, -0.2) is 25.9 Å². The molecule has 0 spiro atoms. The van der Waals surface area contributed by atoms with Crippen molar-refractivity contribution in [3.63, 3.8) is 0 Å². The van der Waals surface area contributed by atoms with Crippen molar-refractivity contribution < 1.29 is 9.21 Å². The SMILES string of the molecule is Cc1occc1-c1nnc(SC(C)C(=O)NC2CCCc3ccccc32)n1C. The Morgan fingerprint density at radius 3 is 2.93 bits per heavy atom. The van der Waals surface area contributed by atoms with Gasteiger partial charge in [0.25, 0.3) is 0 Å². The maximum Gasteiger partial charge on any atom is 0.233 e. The lowest BCUT2D eigenvalue weighted by Gasteiger charge is -2.27. The molecule has 1 N–H and O–H groups in total. The molecule has 2 atom stereocenters. The lowest BCUT2D eigenvalue weighted by atomic mass is 9.88. The number of benzene rings is 1. The normalized spacial score (nSPS) is 17.2. The van der Waals surface area contributed by atoms with E-state index in [1.807, 2.05) is 37.6 Å². The van der Waals surface area contributed by atoms with Crippen molar-refractivity contribution in [2.45, 2.75) is 49.6 Å². The van der Waals surface area contributed by atoms with Gasteiger partial charge >= 0.3 is 0 Å². The predicted octanol–water partition coefficient (Wildman–Crippen LogP) is 4.06. The van der Waals surface area contributed by atoms with Crippen LogP contribution in [0.5, 0.6) is 0 Å². The van der Waals surface area contributed by atoms with Gasteiger partial charge in [-0.1, -0.05) is 36.0 Å². The molecule has 1 aliphatic rings. The van der Waals surface area contributed by atoms with Crippen molar-refractivity contribution in [1.82, 2.24) is 20.1 Å². The Kier molecular flexibility index (Phi) is 5.26. The summed E-state index contributed by atoms with van der Waals surface area (Å²) >= 11 is 1.42. The standard InChI is InChI=1S/C21H24N4O2S/c1-13-16(11-12-27-13)19-23-24-21(25(19)3)28-14(2)20(26)22-18-10-6-8-15-7-4-5-9-17(15)18/h4-5,7,9,11-12,14,18H,6,8,10H2,1-3H3,(H,22,26). The number of rotatable bonds is 5. The largest absolute Gasteiger partial charge is 0.469 e. The summed E-state index contributed by atoms with van der Waals surface area (Å²) in [5.74, 6) is 1.56. The maximum atomic E-state index is 12.8. The highest BCUT2D eigenvalue weighted by atomic mass is 32.2. The van der Waals surface area contributed by atoms with Crippen LogP contribution in [0.2, 0.25) is 0 Å². The molecule has 3 aromatic rings. The van der Waals surface area contributed by atoms with Gasteiger partial charge in [-0.2, -0.15) is 0 Å². The first-order valence-corrected chi connectivity index (χ1v) is 10.4. The Morgan fingerprint density at radius 1 is 1.32 bits per heavy atom. The number of hydrogen-bond donors (Lipinski definition) is 1. The molecular formula is C21H24N4O2S. The van der Waals surface area contributed by atoms with E-state index in [9.17, 15) is 4.79 Å². The van der Waals surface area contributed by atoms with Crippen molar-refractivity contribution in [2.24, 2.45) is 7.05 Å². The fourth-order valence-electron chi connectivity index (χ4n) is 3.67. The molecule has 2 aromatic heterocycles. The second kappa shape index (κ2) is 7.83. The van der Waals surface area contributed by atoms with Gasteiger partial charge in [-0.3, -0.25) is 4.79 Å². The van der Waals surface area contributed by atoms with E-state index in [-0.39, 0.29) is 17.2 Å². The Bertz CT molecular complexity index is 994. The molecule has 28 heavy (non-hydrogen) atoms. The van der Waals surface area contributed by atoms with E-state index < -0.39 is 0 Å². The van der Waals surface area contributed by atoms with Gasteiger partial charge in [0.05, 0.1) is 23.1 Å². The monoisotopic (exact) mass is 396 g/mol. The van der Waals surface area contributed by atoms with Crippen LogP contribution in [0.4, 0.5) is 0 Å². The lowest BCUT2D eigenvalue weighted by Crippen LogP contribution is -2.36. The Labute approximate surface area is 168 Å².